The fraction of sp³-hybridized carbons (Fsp3) is 0.217. The van der Waals surface area contributed by atoms with E-state index in [-0.39, 0.29) is 11.1 Å². The van der Waals surface area contributed by atoms with Gasteiger partial charge in [0.05, 0.1) is 0 Å². The molecule has 1 atom stereocenters. The standard InChI is InChI=1S/C15H16O2.2C4H6O2/c1-11(13-4-8-15(17)9-5-13)10-12-2-6-14(16)7-3-12;2*1-3(2)4(5)6/h2-9,11,16-17H,10H2,1H3;2*1H2,2H3,(H,5,6). The average molecular weight is 400 g/mol. The molecule has 2 aromatic carbocycles. The van der Waals surface area contributed by atoms with Crippen molar-refractivity contribution in [1.82, 2.24) is 0 Å². The van der Waals surface area contributed by atoms with Gasteiger partial charge in [-0.3, -0.25) is 0 Å². The van der Waals surface area contributed by atoms with Crippen LogP contribution >= 0.6 is 0 Å². The summed E-state index contributed by atoms with van der Waals surface area (Å²) in [6.45, 7) is 11.4. The summed E-state index contributed by atoms with van der Waals surface area (Å²) in [7, 11) is 0. The Labute approximate surface area is 171 Å². The molecule has 0 saturated heterocycles. The smallest absolute Gasteiger partial charge is 0.330 e. The normalized spacial score (nSPS) is 10.3. The number of aromatic hydroxyl groups is 2. The van der Waals surface area contributed by atoms with Crippen molar-refractivity contribution in [1.29, 1.82) is 0 Å². The number of carboxylic acid groups (broad SMARTS) is 2. The van der Waals surface area contributed by atoms with Gasteiger partial charge in [0.2, 0.25) is 0 Å². The van der Waals surface area contributed by atoms with Crippen LogP contribution in [-0.4, -0.2) is 32.4 Å². The van der Waals surface area contributed by atoms with Gasteiger partial charge < -0.3 is 20.4 Å². The number of carboxylic acids is 2. The van der Waals surface area contributed by atoms with Gasteiger partial charge in [-0.15, -0.1) is 0 Å². The third-order valence-corrected chi connectivity index (χ3v) is 3.67. The van der Waals surface area contributed by atoms with Crippen LogP contribution in [0.2, 0.25) is 0 Å². The number of phenols is 2. The molecule has 0 saturated carbocycles. The van der Waals surface area contributed by atoms with E-state index >= 15 is 0 Å². The molecule has 6 heteroatoms. The number of phenolic OH excluding ortho intramolecular Hbond substituents is 2. The van der Waals surface area contributed by atoms with Gasteiger partial charge in [0.15, 0.2) is 0 Å². The lowest BCUT2D eigenvalue weighted by Gasteiger charge is -2.12. The zero-order valence-electron chi connectivity index (χ0n) is 16.9. The maximum atomic E-state index is 9.60. The lowest BCUT2D eigenvalue weighted by molar-refractivity contribution is -0.133. The molecular weight excluding hydrogens is 372 g/mol. The summed E-state index contributed by atoms with van der Waals surface area (Å²) in [5.74, 6) is -0.887. The van der Waals surface area contributed by atoms with Crippen LogP contribution < -0.4 is 0 Å². The zero-order valence-corrected chi connectivity index (χ0v) is 16.9. The summed E-state index contributed by atoms with van der Waals surface area (Å²) in [6.07, 6.45) is 0.922. The fourth-order valence-corrected chi connectivity index (χ4v) is 1.91. The highest BCUT2D eigenvalue weighted by molar-refractivity contribution is 5.85. The van der Waals surface area contributed by atoms with E-state index in [4.69, 9.17) is 10.2 Å². The molecule has 0 aliphatic carbocycles. The monoisotopic (exact) mass is 400 g/mol. The van der Waals surface area contributed by atoms with E-state index in [1.807, 2.05) is 24.3 Å². The fourth-order valence-electron chi connectivity index (χ4n) is 1.91. The van der Waals surface area contributed by atoms with E-state index in [1.54, 1.807) is 24.3 Å². The first-order chi connectivity index (χ1) is 13.4. The van der Waals surface area contributed by atoms with Crippen LogP contribution in [0.1, 0.15) is 37.8 Å². The van der Waals surface area contributed by atoms with Gasteiger partial charge in [-0.2, -0.15) is 0 Å². The minimum Gasteiger partial charge on any atom is -0.508 e. The second-order valence-electron chi connectivity index (χ2n) is 6.53. The lowest BCUT2D eigenvalue weighted by Crippen LogP contribution is -1.97. The molecule has 29 heavy (non-hydrogen) atoms. The maximum absolute atomic E-state index is 9.60. The Balaban J connectivity index is 0.000000542. The molecule has 2 rings (SSSR count). The van der Waals surface area contributed by atoms with E-state index < -0.39 is 11.9 Å². The Bertz CT molecular complexity index is 771. The maximum Gasteiger partial charge on any atom is 0.330 e. The molecule has 6 nitrogen and oxygen atoms in total. The van der Waals surface area contributed by atoms with Crippen molar-refractivity contribution in [3.8, 4) is 11.5 Å². The highest BCUT2D eigenvalue weighted by atomic mass is 16.4. The first kappa shape index (κ1) is 25.5. The number of aliphatic carboxylic acids is 2. The molecule has 0 aromatic heterocycles. The summed E-state index contributed by atoms with van der Waals surface area (Å²) >= 11 is 0. The van der Waals surface area contributed by atoms with Gasteiger partial charge in [0, 0.05) is 11.1 Å². The van der Waals surface area contributed by atoms with E-state index in [0.29, 0.717) is 17.4 Å². The predicted molar refractivity (Wildman–Crippen MR) is 113 cm³/mol. The molecule has 0 aliphatic rings. The largest absolute Gasteiger partial charge is 0.508 e. The molecule has 2 aromatic rings. The van der Waals surface area contributed by atoms with Gasteiger partial charge >= 0.3 is 11.9 Å². The summed E-state index contributed by atoms with van der Waals surface area (Å²) in [5.41, 5.74) is 2.75. The second-order valence-corrected chi connectivity index (χ2v) is 6.53. The summed E-state index contributed by atoms with van der Waals surface area (Å²) < 4.78 is 0. The SMILES string of the molecule is C=C(C)C(=O)O.C=C(C)C(=O)O.CC(Cc1ccc(O)cc1)c1ccc(O)cc1. The third kappa shape index (κ3) is 11.7. The Morgan fingerprint density at radius 1 is 0.793 bits per heavy atom. The first-order valence-electron chi connectivity index (χ1n) is 8.78. The first-order valence-corrected chi connectivity index (χ1v) is 8.78. The topological polar surface area (TPSA) is 115 Å². The van der Waals surface area contributed by atoms with E-state index in [2.05, 4.69) is 20.1 Å². The van der Waals surface area contributed by atoms with Crippen LogP contribution in [0.3, 0.4) is 0 Å². The molecule has 0 amide bonds. The van der Waals surface area contributed by atoms with Crippen molar-refractivity contribution in [2.24, 2.45) is 0 Å². The summed E-state index contributed by atoms with van der Waals surface area (Å²) in [6, 6.07) is 14.6. The second kappa shape index (κ2) is 12.8. The van der Waals surface area contributed by atoms with Crippen LogP contribution in [0.4, 0.5) is 0 Å². The van der Waals surface area contributed by atoms with E-state index in [1.165, 1.54) is 25.0 Å². The van der Waals surface area contributed by atoms with E-state index in [9.17, 15) is 19.8 Å². The van der Waals surface area contributed by atoms with Crippen molar-refractivity contribution in [3.63, 3.8) is 0 Å². The highest BCUT2D eigenvalue weighted by Crippen LogP contribution is 2.23. The lowest BCUT2D eigenvalue weighted by atomic mass is 9.94. The summed E-state index contributed by atoms with van der Waals surface area (Å²) in [4.78, 5) is 19.2. The summed E-state index contributed by atoms with van der Waals surface area (Å²) in [5, 5.41) is 34.2. The average Bonchev–Trinajstić information content (AvgIpc) is 2.65. The van der Waals surface area contributed by atoms with Gasteiger partial charge in [0.25, 0.3) is 0 Å². The molecule has 0 fully saturated rings. The molecular formula is C23H28O6. The molecule has 0 spiro atoms. The van der Waals surface area contributed by atoms with Crippen molar-refractivity contribution in [3.05, 3.63) is 84.0 Å². The Kier molecular flexibility index (Phi) is 11.2. The van der Waals surface area contributed by atoms with Crippen LogP contribution in [0, 0.1) is 0 Å². The van der Waals surface area contributed by atoms with Crippen molar-refractivity contribution in [2.75, 3.05) is 0 Å². The van der Waals surface area contributed by atoms with E-state index in [0.717, 1.165) is 6.42 Å². The third-order valence-electron chi connectivity index (χ3n) is 3.67. The molecule has 4 N–H and O–H groups in total. The Morgan fingerprint density at radius 2 is 1.10 bits per heavy atom. The van der Waals surface area contributed by atoms with Crippen molar-refractivity contribution < 1.29 is 30.0 Å². The molecule has 0 bridgehead atoms. The van der Waals surface area contributed by atoms with Crippen LogP contribution in [-0.2, 0) is 16.0 Å². The van der Waals surface area contributed by atoms with Crippen LogP contribution in [0.15, 0.2) is 72.8 Å². The number of carbonyl (C=O) groups is 2. The molecule has 0 aliphatic heterocycles. The van der Waals surface area contributed by atoms with Crippen LogP contribution in [0.25, 0.3) is 0 Å². The number of benzene rings is 2. The number of rotatable bonds is 5. The van der Waals surface area contributed by atoms with Gasteiger partial charge in [-0.1, -0.05) is 44.3 Å². The van der Waals surface area contributed by atoms with Crippen molar-refractivity contribution in [2.45, 2.75) is 33.1 Å². The number of hydrogen-bond donors (Lipinski definition) is 4. The highest BCUT2D eigenvalue weighted by Gasteiger charge is 2.06. The quantitative estimate of drug-likeness (QED) is 0.539. The predicted octanol–water partition coefficient (Wildman–Crippen LogP) is 4.74. The minimum absolute atomic E-state index is 0.176. The molecule has 1 unspecified atom stereocenters. The van der Waals surface area contributed by atoms with Gasteiger partial charge in [0.1, 0.15) is 11.5 Å². The number of hydrogen-bond acceptors (Lipinski definition) is 4. The minimum atomic E-state index is -0.935. The Morgan fingerprint density at radius 3 is 1.41 bits per heavy atom. The van der Waals surface area contributed by atoms with Crippen molar-refractivity contribution >= 4 is 11.9 Å². The van der Waals surface area contributed by atoms with Gasteiger partial charge in [-0.05, 0) is 61.6 Å². The van der Waals surface area contributed by atoms with Crippen LogP contribution in [0.5, 0.6) is 11.5 Å². The molecule has 156 valence electrons. The molecule has 0 heterocycles. The van der Waals surface area contributed by atoms with Gasteiger partial charge in [-0.25, -0.2) is 9.59 Å². The molecule has 0 radical (unpaired) electrons. The zero-order chi connectivity index (χ0) is 22.6. The Hall–Kier alpha value is -3.54.